The second-order valence-electron chi connectivity index (χ2n) is 6.13. The Bertz CT molecular complexity index is 692. The molecular weight excluding hydrogens is 350 g/mol. The Hall–Kier alpha value is -1.95. The maximum atomic E-state index is 13.3. The Morgan fingerprint density at radius 2 is 1.80 bits per heavy atom. The molecule has 0 bridgehead atoms. The lowest BCUT2D eigenvalue weighted by atomic mass is 9.98. The van der Waals surface area contributed by atoms with Gasteiger partial charge in [0.05, 0.1) is 23.2 Å². The summed E-state index contributed by atoms with van der Waals surface area (Å²) < 4.78 is 78.6. The van der Waals surface area contributed by atoms with E-state index >= 15 is 0 Å². The zero-order chi connectivity index (χ0) is 19.2. The summed E-state index contributed by atoms with van der Waals surface area (Å²) in [5.41, 5.74) is -2.12. The predicted molar refractivity (Wildman–Crippen MR) is 77.9 cm³/mol. The van der Waals surface area contributed by atoms with E-state index in [0.717, 1.165) is 13.0 Å². The molecule has 1 N–H and O–H groups in total. The zero-order valence-corrected chi connectivity index (χ0v) is 13.4. The van der Waals surface area contributed by atoms with Crippen molar-refractivity contribution in [3.63, 3.8) is 0 Å². The Balaban J connectivity index is 2.58. The lowest BCUT2D eigenvalue weighted by Gasteiger charge is -2.36. The molecule has 0 spiro atoms. The van der Waals surface area contributed by atoms with Gasteiger partial charge in [-0.3, -0.25) is 0 Å². The van der Waals surface area contributed by atoms with Crippen molar-refractivity contribution < 1.29 is 31.4 Å². The van der Waals surface area contributed by atoms with Crippen LogP contribution in [0.25, 0.3) is 0 Å². The molecule has 25 heavy (non-hydrogen) atoms. The average molecular weight is 366 g/mol. The summed E-state index contributed by atoms with van der Waals surface area (Å²) in [6.45, 7) is 2.72. The molecule has 1 aliphatic heterocycles. The van der Waals surface area contributed by atoms with Crippen molar-refractivity contribution in [2.45, 2.75) is 57.2 Å². The van der Waals surface area contributed by atoms with Crippen LogP contribution in [0.1, 0.15) is 36.5 Å². The number of aliphatic hydroxyl groups is 1. The molecule has 0 radical (unpaired) electrons. The fourth-order valence-electron chi connectivity index (χ4n) is 3.40. The van der Waals surface area contributed by atoms with Gasteiger partial charge < -0.3 is 10.0 Å². The molecule has 1 saturated heterocycles. The summed E-state index contributed by atoms with van der Waals surface area (Å²) in [6.07, 6.45) is -12.0. The average Bonchev–Trinajstić information content (AvgIpc) is 2.85. The highest BCUT2D eigenvalue weighted by Crippen LogP contribution is 2.43. The molecule has 3 unspecified atom stereocenters. The molecular formula is C16H16F6N2O. The summed E-state index contributed by atoms with van der Waals surface area (Å²) in [7, 11) is 0. The zero-order valence-electron chi connectivity index (χ0n) is 13.4. The van der Waals surface area contributed by atoms with E-state index in [1.807, 2.05) is 0 Å². The molecule has 138 valence electrons. The van der Waals surface area contributed by atoms with Crippen LogP contribution in [-0.2, 0) is 6.18 Å². The third-order valence-corrected chi connectivity index (χ3v) is 4.53. The standard InChI is InChI=1S/C16H16F6N2O/c1-8-3-5-12(14(25)16(20,21)22)24(8)11-6-4-10(7-23)13(9(11)2)15(17,18)19/h4,6,8,12,14,25H,3,5H2,1-2H3. The molecule has 3 nitrogen and oxygen atoms in total. The lowest BCUT2D eigenvalue weighted by molar-refractivity contribution is -0.209. The van der Waals surface area contributed by atoms with E-state index in [4.69, 9.17) is 5.26 Å². The van der Waals surface area contributed by atoms with Gasteiger partial charge in [0.1, 0.15) is 0 Å². The number of aliphatic hydroxyl groups excluding tert-OH is 1. The number of rotatable bonds is 2. The third kappa shape index (κ3) is 3.54. The number of nitriles is 1. The smallest absolute Gasteiger partial charge is 0.382 e. The largest absolute Gasteiger partial charge is 0.418 e. The van der Waals surface area contributed by atoms with Crippen molar-refractivity contribution in [1.29, 1.82) is 5.26 Å². The maximum absolute atomic E-state index is 13.3. The highest BCUT2D eigenvalue weighted by molar-refractivity contribution is 5.63. The van der Waals surface area contributed by atoms with Gasteiger partial charge in [0.15, 0.2) is 6.10 Å². The number of benzene rings is 1. The summed E-state index contributed by atoms with van der Waals surface area (Å²) in [5.74, 6) is 0. The summed E-state index contributed by atoms with van der Waals surface area (Å²) in [4.78, 5) is 1.18. The number of hydrogen-bond acceptors (Lipinski definition) is 3. The first-order chi connectivity index (χ1) is 11.4. The van der Waals surface area contributed by atoms with Gasteiger partial charge in [-0.2, -0.15) is 31.6 Å². The van der Waals surface area contributed by atoms with Gasteiger partial charge in [0.2, 0.25) is 0 Å². The maximum Gasteiger partial charge on any atom is 0.418 e. The van der Waals surface area contributed by atoms with Crippen molar-refractivity contribution in [2.24, 2.45) is 0 Å². The molecule has 0 saturated carbocycles. The first kappa shape index (κ1) is 19.4. The second-order valence-corrected chi connectivity index (χ2v) is 6.13. The van der Waals surface area contributed by atoms with Gasteiger partial charge >= 0.3 is 12.4 Å². The minimum absolute atomic E-state index is 0.00262. The Morgan fingerprint density at radius 1 is 1.20 bits per heavy atom. The molecule has 3 atom stereocenters. The number of halogens is 6. The monoisotopic (exact) mass is 366 g/mol. The van der Waals surface area contributed by atoms with E-state index in [1.54, 1.807) is 6.92 Å². The summed E-state index contributed by atoms with van der Waals surface area (Å²) in [5, 5.41) is 18.5. The van der Waals surface area contributed by atoms with Gasteiger partial charge in [-0.1, -0.05) is 0 Å². The molecule has 9 heteroatoms. The van der Waals surface area contributed by atoms with Crippen LogP contribution in [0, 0.1) is 18.3 Å². The second kappa shape index (κ2) is 6.41. The molecule has 1 aromatic rings. The minimum atomic E-state index is -4.87. The van der Waals surface area contributed by atoms with Crippen LogP contribution >= 0.6 is 0 Å². The predicted octanol–water partition coefficient (Wildman–Crippen LogP) is 4.17. The van der Waals surface area contributed by atoms with Crippen LogP contribution in [0.15, 0.2) is 12.1 Å². The van der Waals surface area contributed by atoms with Gasteiger partial charge in [0.25, 0.3) is 0 Å². The Morgan fingerprint density at radius 3 is 2.28 bits per heavy atom. The molecule has 0 amide bonds. The van der Waals surface area contributed by atoms with Crippen molar-refractivity contribution in [1.82, 2.24) is 0 Å². The molecule has 1 aliphatic rings. The molecule has 0 aliphatic carbocycles. The topological polar surface area (TPSA) is 47.3 Å². The first-order valence-corrected chi connectivity index (χ1v) is 7.53. The van der Waals surface area contributed by atoms with Gasteiger partial charge in [-0.25, -0.2) is 0 Å². The number of alkyl halides is 6. The summed E-state index contributed by atoms with van der Waals surface area (Å²) >= 11 is 0. The fraction of sp³-hybridized carbons (Fsp3) is 0.562. The van der Waals surface area contributed by atoms with Crippen LogP contribution in [0.4, 0.5) is 32.0 Å². The van der Waals surface area contributed by atoms with E-state index in [9.17, 15) is 31.4 Å². The van der Waals surface area contributed by atoms with E-state index in [0.29, 0.717) is 6.42 Å². The van der Waals surface area contributed by atoms with Gasteiger partial charge in [0, 0.05) is 11.7 Å². The van der Waals surface area contributed by atoms with Crippen molar-refractivity contribution >= 4 is 5.69 Å². The molecule has 1 heterocycles. The number of anilines is 1. The molecule has 2 rings (SSSR count). The van der Waals surface area contributed by atoms with Crippen molar-refractivity contribution in [3.05, 3.63) is 28.8 Å². The SMILES string of the molecule is Cc1c(N2C(C)CCC2C(O)C(F)(F)F)ccc(C#N)c1C(F)(F)F. The highest BCUT2D eigenvalue weighted by Gasteiger charge is 2.49. The minimum Gasteiger partial charge on any atom is -0.382 e. The third-order valence-electron chi connectivity index (χ3n) is 4.53. The highest BCUT2D eigenvalue weighted by atomic mass is 19.4. The van der Waals surface area contributed by atoms with E-state index in [1.165, 1.54) is 17.0 Å². The number of nitrogens with zero attached hydrogens (tertiary/aromatic N) is 2. The fourth-order valence-corrected chi connectivity index (χ4v) is 3.40. The molecule has 1 aromatic carbocycles. The summed E-state index contributed by atoms with van der Waals surface area (Å²) in [6, 6.07) is 1.77. The lowest BCUT2D eigenvalue weighted by Crippen LogP contribution is -2.49. The number of hydrogen-bond donors (Lipinski definition) is 1. The Labute approximate surface area is 140 Å². The molecule has 1 fully saturated rings. The van der Waals surface area contributed by atoms with Gasteiger partial charge in [-0.15, -0.1) is 0 Å². The Kier molecular flexibility index (Phi) is 4.97. The molecule has 0 aromatic heterocycles. The van der Waals surface area contributed by atoms with Crippen LogP contribution < -0.4 is 4.90 Å². The van der Waals surface area contributed by atoms with E-state index in [-0.39, 0.29) is 17.7 Å². The van der Waals surface area contributed by atoms with Crippen molar-refractivity contribution in [3.8, 4) is 6.07 Å². The van der Waals surface area contributed by atoms with Gasteiger partial charge in [-0.05, 0) is 44.4 Å². The van der Waals surface area contributed by atoms with E-state index in [2.05, 4.69) is 0 Å². The first-order valence-electron chi connectivity index (χ1n) is 7.53. The van der Waals surface area contributed by atoms with Crippen molar-refractivity contribution in [2.75, 3.05) is 4.90 Å². The quantitative estimate of drug-likeness (QED) is 0.800. The van der Waals surface area contributed by atoms with E-state index < -0.39 is 41.7 Å². The normalized spacial score (nSPS) is 22.8. The van der Waals surface area contributed by atoms with Crippen LogP contribution in [-0.4, -0.2) is 29.5 Å². The van der Waals surface area contributed by atoms with Crippen LogP contribution in [0.5, 0.6) is 0 Å². The van der Waals surface area contributed by atoms with Crippen LogP contribution in [0.3, 0.4) is 0 Å². The van der Waals surface area contributed by atoms with Crippen LogP contribution in [0.2, 0.25) is 0 Å².